The van der Waals surface area contributed by atoms with Crippen LogP contribution < -0.4 is 5.32 Å². The number of thiocarbonyl (C=S) groups is 1. The summed E-state index contributed by atoms with van der Waals surface area (Å²) in [6.07, 6.45) is 1.75. The van der Waals surface area contributed by atoms with Crippen LogP contribution in [0.2, 0.25) is 0 Å². The number of likely N-dealkylation sites (N-methyl/N-ethyl adjacent to an activating group) is 1. The van der Waals surface area contributed by atoms with E-state index in [4.69, 9.17) is 12.2 Å². The summed E-state index contributed by atoms with van der Waals surface area (Å²) in [4.78, 5) is 26.5. The number of hydrogen-bond donors (Lipinski definition) is 1. The van der Waals surface area contributed by atoms with Gasteiger partial charge in [-0.2, -0.15) is 0 Å². The number of hydrogen-bond acceptors (Lipinski definition) is 3. The predicted molar refractivity (Wildman–Crippen MR) is 131 cm³/mol. The molecule has 6 rings (SSSR count). The summed E-state index contributed by atoms with van der Waals surface area (Å²) < 4.78 is 4.67. The van der Waals surface area contributed by atoms with Crippen LogP contribution in [0.15, 0.2) is 54.1 Å². The maximum absolute atomic E-state index is 12.7. The molecule has 0 bridgehead atoms. The molecule has 1 fully saturated rings. The van der Waals surface area contributed by atoms with Crippen molar-refractivity contribution in [1.82, 2.24) is 14.8 Å². The summed E-state index contributed by atoms with van der Waals surface area (Å²) in [7, 11) is 1.58. The monoisotopic (exact) mass is 505 g/mol. The average Bonchev–Trinajstić information content (AvgIpc) is 3.34. The first-order valence-electron chi connectivity index (χ1n) is 10.3. The summed E-state index contributed by atoms with van der Waals surface area (Å²) in [5.74, 6) is -0.798. The fourth-order valence-corrected chi connectivity index (χ4v) is 7.72. The Morgan fingerprint density at radius 1 is 1.03 bits per heavy atom. The number of para-hydroxylation sites is 2. The van der Waals surface area contributed by atoms with Crippen molar-refractivity contribution in [1.29, 1.82) is 0 Å². The zero-order chi connectivity index (χ0) is 22.4. The van der Waals surface area contributed by atoms with Crippen LogP contribution in [0.25, 0.3) is 32.4 Å². The van der Waals surface area contributed by atoms with Crippen molar-refractivity contribution < 1.29 is 9.59 Å². The first-order valence-corrected chi connectivity index (χ1v) is 12.4. The minimum atomic E-state index is -0.434. The van der Waals surface area contributed by atoms with Crippen molar-refractivity contribution in [2.45, 2.75) is 19.3 Å². The standard InChI is InChI=1S/C25H19N3O2SSe/c1-25(2)17-9-6-8-15-14-7-4-5-10-19(14)28(20(15)17)23-18(25)12-13(32-23)11-16-21(29)26-24(31)27(3)22(16)30/h4-12H,1-3H3,(H,26,29,31)/b16-11-. The van der Waals surface area contributed by atoms with Gasteiger partial charge in [-0.25, -0.2) is 0 Å². The van der Waals surface area contributed by atoms with Crippen molar-refractivity contribution in [3.63, 3.8) is 0 Å². The van der Waals surface area contributed by atoms with E-state index in [1.165, 1.54) is 42.4 Å². The molecular weight excluding hydrogens is 485 g/mol. The molecule has 0 saturated carbocycles. The number of amides is 2. The molecule has 2 aromatic heterocycles. The van der Waals surface area contributed by atoms with Gasteiger partial charge in [-0.3, -0.25) is 0 Å². The number of carbonyl (C=O) groups is 2. The molecule has 32 heavy (non-hydrogen) atoms. The molecule has 2 aliphatic rings. The predicted octanol–water partition coefficient (Wildman–Crippen LogP) is 3.74. The molecule has 2 aromatic carbocycles. The zero-order valence-corrected chi connectivity index (χ0v) is 20.3. The number of carbonyl (C=O) groups excluding carboxylic acids is 2. The topological polar surface area (TPSA) is 54.3 Å². The van der Waals surface area contributed by atoms with Crippen LogP contribution in [0.3, 0.4) is 0 Å². The van der Waals surface area contributed by atoms with Crippen LogP contribution in [-0.2, 0) is 15.0 Å². The van der Waals surface area contributed by atoms with Crippen LogP contribution in [0, 0.1) is 0 Å². The molecule has 158 valence electrons. The fourth-order valence-electron chi connectivity index (χ4n) is 4.85. The molecule has 0 radical (unpaired) electrons. The number of fused-ring (bicyclic) bond motifs is 5. The Morgan fingerprint density at radius 3 is 2.59 bits per heavy atom. The molecule has 0 aliphatic carbocycles. The molecule has 0 spiro atoms. The van der Waals surface area contributed by atoms with Crippen molar-refractivity contribution >= 4 is 71.5 Å². The van der Waals surface area contributed by atoms with E-state index >= 15 is 0 Å². The quantitative estimate of drug-likeness (QED) is 0.186. The van der Waals surface area contributed by atoms with Gasteiger partial charge in [0, 0.05) is 0 Å². The summed E-state index contributed by atoms with van der Waals surface area (Å²) in [6.45, 7) is 4.51. The second-order valence-corrected chi connectivity index (χ2v) is 11.3. The Hall–Kier alpha value is -2.99. The van der Waals surface area contributed by atoms with Gasteiger partial charge in [-0.05, 0) is 0 Å². The Kier molecular flexibility index (Phi) is 4.01. The normalized spacial score (nSPS) is 18.5. The molecule has 2 amide bonds. The third-order valence-electron chi connectivity index (χ3n) is 6.57. The summed E-state index contributed by atoms with van der Waals surface area (Å²) in [5, 5.41) is 5.25. The van der Waals surface area contributed by atoms with E-state index in [1.54, 1.807) is 13.1 Å². The van der Waals surface area contributed by atoms with Crippen LogP contribution in [0.5, 0.6) is 0 Å². The maximum atomic E-state index is 12.7. The minimum absolute atomic E-state index is 0.0566. The van der Waals surface area contributed by atoms with Crippen LogP contribution >= 0.6 is 12.2 Å². The van der Waals surface area contributed by atoms with Crippen molar-refractivity contribution in [3.8, 4) is 4.56 Å². The van der Waals surface area contributed by atoms with Gasteiger partial charge in [0.25, 0.3) is 0 Å². The first-order chi connectivity index (χ1) is 15.3. The van der Waals surface area contributed by atoms with E-state index in [0.29, 0.717) is 0 Å². The Balaban J connectivity index is 1.62. The molecule has 7 heteroatoms. The van der Waals surface area contributed by atoms with Gasteiger partial charge >= 0.3 is 196 Å². The van der Waals surface area contributed by atoms with Crippen LogP contribution in [0.1, 0.15) is 29.4 Å². The van der Waals surface area contributed by atoms with Gasteiger partial charge < -0.3 is 0 Å². The second-order valence-electron chi connectivity index (χ2n) is 8.73. The average molecular weight is 504 g/mol. The summed E-state index contributed by atoms with van der Waals surface area (Å²) in [5.41, 5.74) is 4.95. The van der Waals surface area contributed by atoms with Crippen molar-refractivity contribution in [3.05, 3.63) is 69.7 Å². The van der Waals surface area contributed by atoms with Gasteiger partial charge in [-0.15, -0.1) is 0 Å². The Morgan fingerprint density at radius 2 is 1.78 bits per heavy atom. The number of nitrogens with zero attached hydrogens (tertiary/aromatic N) is 2. The van der Waals surface area contributed by atoms with E-state index in [2.05, 4.69) is 72.3 Å². The zero-order valence-electron chi connectivity index (χ0n) is 17.7. The number of rotatable bonds is 1. The molecule has 1 N–H and O–H groups in total. The van der Waals surface area contributed by atoms with Gasteiger partial charge in [-0.1, -0.05) is 0 Å². The van der Waals surface area contributed by atoms with Gasteiger partial charge in [0.15, 0.2) is 0 Å². The number of benzene rings is 2. The van der Waals surface area contributed by atoms with Gasteiger partial charge in [0.05, 0.1) is 0 Å². The molecule has 0 atom stereocenters. The van der Waals surface area contributed by atoms with E-state index in [9.17, 15) is 9.59 Å². The molecule has 5 nitrogen and oxygen atoms in total. The van der Waals surface area contributed by atoms with E-state index in [0.717, 1.165) is 4.44 Å². The van der Waals surface area contributed by atoms with Crippen LogP contribution in [-0.4, -0.2) is 47.9 Å². The summed E-state index contributed by atoms with van der Waals surface area (Å²) >= 11 is 5.01. The molecule has 0 unspecified atom stereocenters. The summed E-state index contributed by atoms with van der Waals surface area (Å²) in [6, 6.07) is 17.2. The van der Waals surface area contributed by atoms with E-state index in [-0.39, 0.29) is 36.5 Å². The third-order valence-corrected chi connectivity index (χ3v) is 9.18. The van der Waals surface area contributed by atoms with Gasteiger partial charge in [0.2, 0.25) is 0 Å². The van der Waals surface area contributed by atoms with E-state index < -0.39 is 5.91 Å². The molecule has 4 aromatic rings. The van der Waals surface area contributed by atoms with Crippen LogP contribution in [0.4, 0.5) is 0 Å². The van der Waals surface area contributed by atoms with Crippen molar-refractivity contribution in [2.75, 3.05) is 7.05 Å². The molecule has 2 aliphatic heterocycles. The SMILES string of the molecule is CN1C(=O)/C(=C\c2cc3c([se]2)-n2c4ccccc4c4cccc(c42)C3(C)C)C(=O)NC1=S. The fraction of sp³-hybridized carbons (Fsp3) is 0.160. The molecule has 4 heterocycles. The molecular formula is C25H19N3O2SSe. The van der Waals surface area contributed by atoms with Crippen molar-refractivity contribution in [2.24, 2.45) is 0 Å². The number of aromatic nitrogens is 1. The Bertz CT molecular complexity index is 1560. The second kappa shape index (κ2) is 6.51. The Labute approximate surface area is 196 Å². The number of nitrogens with one attached hydrogen (secondary N) is 1. The first kappa shape index (κ1) is 19.7. The van der Waals surface area contributed by atoms with E-state index in [1.807, 2.05) is 0 Å². The third kappa shape index (κ3) is 2.47. The van der Waals surface area contributed by atoms with Gasteiger partial charge in [0.1, 0.15) is 0 Å². The molecule has 1 saturated heterocycles.